The van der Waals surface area contributed by atoms with Crippen molar-refractivity contribution in [3.8, 4) is 34.0 Å². The minimum Gasteiger partial charge on any atom is -0.489 e. The molecule has 5 aromatic carbocycles. The first-order chi connectivity index (χ1) is 31.4. The number of hydrogen-bond donors (Lipinski definition) is 1. The first-order valence-corrected chi connectivity index (χ1v) is 24.5. The van der Waals surface area contributed by atoms with Gasteiger partial charge in [0, 0.05) is 21.9 Å². The zero-order chi connectivity index (χ0) is 44.9. The molecule has 0 fully saturated rings. The second kappa shape index (κ2) is 25.6. The lowest BCUT2D eigenvalue weighted by Crippen LogP contribution is -2.04. The lowest BCUT2D eigenvalue weighted by molar-refractivity contribution is 0.0472. The first kappa shape index (κ1) is 47.9. The average Bonchev–Trinajstić information content (AvgIpc) is 4.04. The van der Waals surface area contributed by atoms with Gasteiger partial charge in [0.15, 0.2) is 0 Å². The fourth-order valence-corrected chi connectivity index (χ4v) is 9.09. The quantitative estimate of drug-likeness (QED) is 0.0678. The zero-order valence-electron chi connectivity index (χ0n) is 37.7. The van der Waals surface area contributed by atoms with Crippen LogP contribution in [-0.2, 0) is 31.2 Å². The summed E-state index contributed by atoms with van der Waals surface area (Å²) in [6, 6.07) is 42.7. The summed E-state index contributed by atoms with van der Waals surface area (Å²) in [6.45, 7) is 10.3. The smallest absolute Gasteiger partial charge is 0.338 e. The van der Waals surface area contributed by atoms with Gasteiger partial charge in [-0.25, -0.2) is 14.8 Å². The standard InChI is InChI=1S/C31H33NO3S.C24H29NO2S/c1-3-8-24(9-4-2)25-14-12-23(13-15-25)20-34-28-18-16-26(17-19-28)29-22-36-30(32-29)21-35-31(33)27-10-6-5-7-11-27;1-3-5-19(6-4-2)20-9-7-18(8-10-20)16-27-22-13-11-21(12-14-22)23-17-28-24(15-26)25-23/h5-7,10-19,22,24H,3-4,8-9,20-21H2,1-2H3;7-14,17,19,26H,3-6,15-16H2,1-2H3. The molecular formula is C55H62N2O5S2. The molecule has 2 aromatic heterocycles. The van der Waals surface area contributed by atoms with E-state index < -0.39 is 0 Å². The predicted octanol–water partition coefficient (Wildman–Crippen LogP) is 15.0. The van der Waals surface area contributed by atoms with Crippen LogP contribution in [0.25, 0.3) is 22.5 Å². The number of aliphatic hydroxyl groups excluding tert-OH is 1. The fourth-order valence-electron chi connectivity index (χ4n) is 7.71. The van der Waals surface area contributed by atoms with Crippen LogP contribution in [-0.4, -0.2) is 21.0 Å². The third kappa shape index (κ3) is 14.5. The lowest BCUT2D eigenvalue weighted by atomic mass is 9.90. The van der Waals surface area contributed by atoms with Crippen molar-refractivity contribution in [2.24, 2.45) is 0 Å². The van der Waals surface area contributed by atoms with E-state index in [1.807, 2.05) is 77.5 Å². The summed E-state index contributed by atoms with van der Waals surface area (Å²) in [5.74, 6) is 2.66. The number of benzene rings is 5. The summed E-state index contributed by atoms with van der Waals surface area (Å²) in [6.07, 6.45) is 9.90. The van der Waals surface area contributed by atoms with Crippen molar-refractivity contribution < 1.29 is 24.1 Å². The van der Waals surface area contributed by atoms with Gasteiger partial charge in [-0.3, -0.25) is 0 Å². The van der Waals surface area contributed by atoms with Crippen LogP contribution in [0.2, 0.25) is 0 Å². The number of ether oxygens (including phenoxy) is 3. The van der Waals surface area contributed by atoms with E-state index in [0.717, 1.165) is 44.0 Å². The Morgan fingerprint density at radius 2 is 0.953 bits per heavy atom. The molecule has 0 aliphatic heterocycles. The zero-order valence-corrected chi connectivity index (χ0v) is 39.3. The summed E-state index contributed by atoms with van der Waals surface area (Å²) in [5, 5.41) is 14.6. The van der Waals surface area contributed by atoms with Gasteiger partial charge in [-0.15, -0.1) is 22.7 Å². The molecular weight excluding hydrogens is 833 g/mol. The van der Waals surface area contributed by atoms with Crippen LogP contribution in [0.4, 0.5) is 0 Å². The van der Waals surface area contributed by atoms with E-state index in [2.05, 4.69) is 86.2 Å². The first-order valence-electron chi connectivity index (χ1n) is 22.7. The summed E-state index contributed by atoms with van der Waals surface area (Å²) >= 11 is 2.96. The molecule has 0 atom stereocenters. The maximum Gasteiger partial charge on any atom is 0.338 e. The maximum atomic E-state index is 12.1. The number of carbonyl (C=O) groups excluding carboxylic acids is 1. The molecule has 0 spiro atoms. The molecule has 0 bridgehead atoms. The highest BCUT2D eigenvalue weighted by Gasteiger charge is 2.13. The highest BCUT2D eigenvalue weighted by Crippen LogP contribution is 2.30. The van der Waals surface area contributed by atoms with E-state index in [1.165, 1.54) is 96.3 Å². The van der Waals surface area contributed by atoms with Gasteiger partial charge < -0.3 is 19.3 Å². The largest absolute Gasteiger partial charge is 0.489 e. The number of thiazole rings is 2. The number of rotatable bonds is 22. The highest BCUT2D eigenvalue weighted by molar-refractivity contribution is 7.10. The van der Waals surface area contributed by atoms with Crippen molar-refractivity contribution in [3.05, 3.63) is 176 Å². The molecule has 0 aliphatic rings. The molecule has 0 amide bonds. The van der Waals surface area contributed by atoms with Crippen LogP contribution < -0.4 is 9.47 Å². The molecule has 9 heteroatoms. The molecule has 7 nitrogen and oxygen atoms in total. The van der Waals surface area contributed by atoms with E-state index >= 15 is 0 Å². The molecule has 7 aromatic rings. The maximum absolute atomic E-state index is 12.1. The molecule has 0 saturated heterocycles. The van der Waals surface area contributed by atoms with E-state index in [9.17, 15) is 4.79 Å². The van der Waals surface area contributed by atoms with Crippen LogP contribution >= 0.6 is 22.7 Å². The second-order valence-electron chi connectivity index (χ2n) is 16.0. The van der Waals surface area contributed by atoms with E-state index in [1.54, 1.807) is 12.1 Å². The van der Waals surface area contributed by atoms with Crippen molar-refractivity contribution >= 4 is 28.6 Å². The Balaban J connectivity index is 0.000000219. The van der Waals surface area contributed by atoms with Crippen LogP contribution in [0.5, 0.6) is 11.5 Å². The Hall–Kier alpha value is -5.61. The Labute approximate surface area is 388 Å². The lowest BCUT2D eigenvalue weighted by Gasteiger charge is -2.16. The Bertz CT molecular complexity index is 2380. The fraction of sp³-hybridized carbons (Fsp3) is 0.327. The number of nitrogens with zero attached hydrogens (tertiary/aromatic N) is 2. The topological polar surface area (TPSA) is 90.8 Å². The number of aliphatic hydroxyl groups is 1. The van der Waals surface area contributed by atoms with Crippen LogP contribution in [0.3, 0.4) is 0 Å². The van der Waals surface area contributed by atoms with Crippen molar-refractivity contribution in [3.63, 3.8) is 0 Å². The summed E-state index contributed by atoms with van der Waals surface area (Å²) in [5.41, 5.74) is 9.57. The molecule has 64 heavy (non-hydrogen) atoms. The highest BCUT2D eigenvalue weighted by atomic mass is 32.1. The molecule has 7 rings (SSSR count). The van der Waals surface area contributed by atoms with Crippen molar-refractivity contribution in [1.82, 2.24) is 9.97 Å². The summed E-state index contributed by atoms with van der Waals surface area (Å²) < 4.78 is 17.4. The summed E-state index contributed by atoms with van der Waals surface area (Å²) in [7, 11) is 0. The Morgan fingerprint density at radius 3 is 1.36 bits per heavy atom. The number of carbonyl (C=O) groups is 1. The number of esters is 1. The number of aromatic nitrogens is 2. The number of hydrogen-bond acceptors (Lipinski definition) is 9. The second-order valence-corrected chi connectivity index (χ2v) is 17.9. The van der Waals surface area contributed by atoms with Crippen molar-refractivity contribution in [1.29, 1.82) is 0 Å². The third-order valence-corrected chi connectivity index (χ3v) is 12.8. The molecule has 0 aliphatic carbocycles. The van der Waals surface area contributed by atoms with Gasteiger partial charge in [-0.2, -0.15) is 0 Å². The molecule has 0 unspecified atom stereocenters. The average molecular weight is 895 g/mol. The predicted molar refractivity (Wildman–Crippen MR) is 263 cm³/mol. The molecule has 1 N–H and O–H groups in total. The molecule has 0 saturated carbocycles. The minimum absolute atomic E-state index is 0.0116. The van der Waals surface area contributed by atoms with Gasteiger partial charge in [-0.05, 0) is 120 Å². The Kier molecular flexibility index (Phi) is 19.2. The van der Waals surface area contributed by atoms with Crippen LogP contribution in [0, 0.1) is 0 Å². The molecule has 334 valence electrons. The van der Waals surface area contributed by atoms with Crippen molar-refractivity contribution in [2.75, 3.05) is 0 Å². The normalized spacial score (nSPS) is 11.0. The van der Waals surface area contributed by atoms with Gasteiger partial charge in [0.2, 0.25) is 0 Å². The molecule has 0 radical (unpaired) electrons. The van der Waals surface area contributed by atoms with E-state index in [4.69, 9.17) is 19.3 Å². The SMILES string of the molecule is CCCC(CCC)c1ccc(COc2ccc(-c3csc(CO)n3)cc2)cc1.CCCC(CCC)c1ccc(COc2ccc(-c3csc(COC(=O)c4ccccc4)n3)cc2)cc1. The molecule has 2 heterocycles. The monoisotopic (exact) mass is 894 g/mol. The van der Waals surface area contributed by atoms with Gasteiger partial charge >= 0.3 is 5.97 Å². The van der Waals surface area contributed by atoms with Crippen LogP contribution in [0.15, 0.2) is 138 Å². The van der Waals surface area contributed by atoms with E-state index in [-0.39, 0.29) is 19.2 Å². The van der Waals surface area contributed by atoms with Gasteiger partial charge in [0.05, 0.1) is 23.6 Å². The summed E-state index contributed by atoms with van der Waals surface area (Å²) in [4.78, 5) is 21.2. The third-order valence-electron chi connectivity index (χ3n) is 11.1. The van der Waals surface area contributed by atoms with Crippen LogP contribution in [0.1, 0.15) is 134 Å². The minimum atomic E-state index is -0.342. The van der Waals surface area contributed by atoms with Gasteiger partial charge in [0.1, 0.15) is 41.3 Å². The van der Waals surface area contributed by atoms with Crippen molar-refractivity contribution in [2.45, 2.75) is 117 Å². The van der Waals surface area contributed by atoms with Gasteiger partial charge in [-0.1, -0.05) is 120 Å². The van der Waals surface area contributed by atoms with Gasteiger partial charge in [0.25, 0.3) is 0 Å². The van der Waals surface area contributed by atoms with E-state index in [0.29, 0.717) is 30.6 Å². The Morgan fingerprint density at radius 1 is 0.531 bits per heavy atom.